The van der Waals surface area contributed by atoms with Gasteiger partial charge in [-0.15, -0.1) is 0 Å². The van der Waals surface area contributed by atoms with E-state index in [1.165, 1.54) is 15.9 Å². The Kier molecular flexibility index (Phi) is 5.93. The Morgan fingerprint density at radius 2 is 0.958 bits per heavy atom. The summed E-state index contributed by atoms with van der Waals surface area (Å²) in [5.41, 5.74) is 0. The normalized spacial score (nSPS) is 13.4. The molecule has 0 amide bonds. The fourth-order valence-corrected chi connectivity index (χ4v) is 5.72. The van der Waals surface area contributed by atoms with Crippen molar-refractivity contribution in [3.63, 3.8) is 0 Å². The molecule has 1 nitrogen and oxygen atoms in total. The second-order valence-electron chi connectivity index (χ2n) is 6.14. The molecule has 1 aliphatic rings. The first-order valence-corrected chi connectivity index (χ1v) is 10.2. The van der Waals surface area contributed by atoms with E-state index < -0.39 is 7.92 Å². The predicted octanol–water partition coefficient (Wildman–Crippen LogP) is 3.50. The van der Waals surface area contributed by atoms with Gasteiger partial charge in [0.1, 0.15) is 6.29 Å². The van der Waals surface area contributed by atoms with E-state index in [9.17, 15) is 4.79 Å². The molecule has 0 heterocycles. The average Bonchev–Trinajstić information content (AvgIpc) is 3.50. The second-order valence-corrected chi connectivity index (χ2v) is 9.00. The van der Waals surface area contributed by atoms with Crippen molar-refractivity contribution in [3.05, 3.63) is 91.0 Å². The first-order valence-electron chi connectivity index (χ1n) is 8.48. The van der Waals surface area contributed by atoms with Gasteiger partial charge in [0.05, 0.1) is 0 Å². The average molecular weight is 334 g/mol. The molecule has 0 N–H and O–H groups in total. The minimum absolute atomic E-state index is 0.454. The summed E-state index contributed by atoms with van der Waals surface area (Å²) in [6.45, 7) is 0. The number of rotatable bonds is 4. The summed E-state index contributed by atoms with van der Waals surface area (Å²) >= 11 is 0. The fourth-order valence-electron chi connectivity index (χ4n) is 2.75. The van der Waals surface area contributed by atoms with E-state index in [0.717, 1.165) is 19.1 Å². The summed E-state index contributed by atoms with van der Waals surface area (Å²) < 4.78 is 0. The number of carbonyl (C=O) groups is 1. The van der Waals surface area contributed by atoms with Crippen molar-refractivity contribution in [1.29, 1.82) is 0 Å². The summed E-state index contributed by atoms with van der Waals surface area (Å²) in [7, 11) is -1.31. The fraction of sp³-hybridized carbons (Fsp3) is 0.136. The summed E-state index contributed by atoms with van der Waals surface area (Å²) in [6.07, 6.45) is 3.31. The molecule has 3 aromatic rings. The van der Waals surface area contributed by atoms with Crippen LogP contribution in [0.5, 0.6) is 0 Å². The van der Waals surface area contributed by atoms with Crippen molar-refractivity contribution in [2.45, 2.75) is 12.8 Å². The molecule has 0 unspecified atom stereocenters. The predicted molar refractivity (Wildman–Crippen MR) is 107 cm³/mol. The zero-order valence-corrected chi connectivity index (χ0v) is 14.9. The van der Waals surface area contributed by atoms with Crippen molar-refractivity contribution in [2.24, 2.45) is 5.92 Å². The van der Waals surface area contributed by atoms with Crippen LogP contribution in [-0.4, -0.2) is 6.29 Å². The molecule has 122 valence electrons. The first kappa shape index (κ1) is 16.6. The van der Waals surface area contributed by atoms with Crippen LogP contribution in [0.3, 0.4) is 0 Å². The SMILES string of the molecule is O=CC1CC1.c1ccc([PH2](c2ccccc2)c2ccccc2)cc1. The number of hydrogen-bond acceptors (Lipinski definition) is 1. The van der Waals surface area contributed by atoms with Gasteiger partial charge in [0.2, 0.25) is 0 Å². The third-order valence-corrected chi connectivity index (χ3v) is 7.37. The van der Waals surface area contributed by atoms with Crippen molar-refractivity contribution in [3.8, 4) is 0 Å². The maximum absolute atomic E-state index is 9.57. The summed E-state index contributed by atoms with van der Waals surface area (Å²) in [6, 6.07) is 32.7. The monoisotopic (exact) mass is 334 g/mol. The van der Waals surface area contributed by atoms with Crippen LogP contribution in [0.25, 0.3) is 0 Å². The van der Waals surface area contributed by atoms with Gasteiger partial charge in [0, 0.05) is 5.92 Å². The Morgan fingerprint density at radius 3 is 1.17 bits per heavy atom. The number of aldehydes is 1. The molecule has 3 aromatic carbocycles. The molecule has 4 rings (SSSR count). The molecule has 0 spiro atoms. The number of carbonyl (C=O) groups excluding carboxylic acids is 1. The maximum atomic E-state index is 9.57. The van der Waals surface area contributed by atoms with Crippen LogP contribution in [0.1, 0.15) is 12.8 Å². The van der Waals surface area contributed by atoms with E-state index in [1.54, 1.807) is 0 Å². The molecule has 1 fully saturated rings. The van der Waals surface area contributed by atoms with E-state index in [-0.39, 0.29) is 0 Å². The molecule has 0 aliphatic heterocycles. The van der Waals surface area contributed by atoms with Gasteiger partial charge in [-0.25, -0.2) is 0 Å². The van der Waals surface area contributed by atoms with E-state index in [1.807, 2.05) is 0 Å². The Bertz CT molecular complexity index is 643. The molecule has 1 aliphatic carbocycles. The van der Waals surface area contributed by atoms with Crippen LogP contribution in [-0.2, 0) is 4.79 Å². The quantitative estimate of drug-likeness (QED) is 0.527. The Hall–Kier alpha value is -2.24. The van der Waals surface area contributed by atoms with Gasteiger partial charge in [-0.3, -0.25) is 0 Å². The third-order valence-electron chi connectivity index (χ3n) is 4.21. The first-order chi connectivity index (χ1) is 11.9. The van der Waals surface area contributed by atoms with Crippen LogP contribution < -0.4 is 15.9 Å². The third kappa shape index (κ3) is 4.63. The van der Waals surface area contributed by atoms with Gasteiger partial charge in [0.25, 0.3) is 0 Å². The molecule has 0 atom stereocenters. The Balaban J connectivity index is 0.000000290. The van der Waals surface area contributed by atoms with Crippen LogP contribution >= 0.6 is 7.92 Å². The zero-order chi connectivity index (χ0) is 16.6. The Labute approximate surface area is 145 Å². The van der Waals surface area contributed by atoms with Gasteiger partial charge in [-0.1, -0.05) is 0 Å². The molecule has 0 radical (unpaired) electrons. The van der Waals surface area contributed by atoms with Gasteiger partial charge < -0.3 is 4.79 Å². The van der Waals surface area contributed by atoms with Gasteiger partial charge in [-0.2, -0.15) is 0 Å². The molecular formula is C22H23OP. The zero-order valence-electron chi connectivity index (χ0n) is 13.7. The van der Waals surface area contributed by atoms with E-state index in [0.29, 0.717) is 5.92 Å². The summed E-state index contributed by atoms with van der Waals surface area (Å²) in [4.78, 5) is 9.57. The number of hydrogen-bond donors (Lipinski definition) is 0. The summed E-state index contributed by atoms with van der Waals surface area (Å²) in [5.74, 6) is 0.454. The van der Waals surface area contributed by atoms with Crippen molar-refractivity contribution < 1.29 is 4.79 Å². The molecule has 0 saturated heterocycles. The van der Waals surface area contributed by atoms with Crippen molar-refractivity contribution in [2.75, 3.05) is 0 Å². The van der Waals surface area contributed by atoms with Gasteiger partial charge in [0.15, 0.2) is 0 Å². The minimum atomic E-state index is -1.31. The van der Waals surface area contributed by atoms with Crippen LogP contribution in [0.4, 0.5) is 0 Å². The summed E-state index contributed by atoms with van der Waals surface area (Å²) in [5, 5.41) is 4.42. The van der Waals surface area contributed by atoms with E-state index in [4.69, 9.17) is 0 Å². The van der Waals surface area contributed by atoms with Crippen LogP contribution in [0, 0.1) is 5.92 Å². The van der Waals surface area contributed by atoms with Crippen molar-refractivity contribution in [1.82, 2.24) is 0 Å². The van der Waals surface area contributed by atoms with E-state index in [2.05, 4.69) is 91.0 Å². The standard InChI is InChI=1S/C18H17P.C4H6O/c1-4-10-16(11-5-1)19(17-12-6-2-7-13-17)18-14-8-3-9-15-18;5-3-4-1-2-4/h1-15H,19H2;3-4H,1-2H2. The van der Waals surface area contributed by atoms with Gasteiger partial charge >= 0.3 is 115 Å². The topological polar surface area (TPSA) is 17.1 Å². The van der Waals surface area contributed by atoms with Crippen molar-refractivity contribution >= 4 is 30.1 Å². The molecule has 1 saturated carbocycles. The molecule has 24 heavy (non-hydrogen) atoms. The van der Waals surface area contributed by atoms with Crippen LogP contribution in [0.2, 0.25) is 0 Å². The van der Waals surface area contributed by atoms with Gasteiger partial charge in [-0.05, 0) is 12.8 Å². The molecule has 2 heteroatoms. The number of benzene rings is 3. The second kappa shape index (κ2) is 8.57. The molecule has 0 aromatic heterocycles. The molecular weight excluding hydrogens is 311 g/mol. The molecule has 0 bridgehead atoms. The van der Waals surface area contributed by atoms with Crippen LogP contribution in [0.15, 0.2) is 91.0 Å². The Morgan fingerprint density at radius 1 is 0.625 bits per heavy atom. The van der Waals surface area contributed by atoms with E-state index >= 15 is 0 Å².